The van der Waals surface area contributed by atoms with Gasteiger partial charge in [0, 0.05) is 25.6 Å². The predicted octanol–water partition coefficient (Wildman–Crippen LogP) is 4.24. The van der Waals surface area contributed by atoms with E-state index in [9.17, 15) is 4.79 Å². The molecule has 7 heteroatoms. The summed E-state index contributed by atoms with van der Waals surface area (Å²) in [5, 5.41) is 4.10. The van der Waals surface area contributed by atoms with E-state index in [4.69, 9.17) is 14.5 Å². The Morgan fingerprint density at radius 3 is 2.60 bits per heavy atom. The third-order valence-corrected chi connectivity index (χ3v) is 6.50. The Hall–Kier alpha value is -2.80. The van der Waals surface area contributed by atoms with Gasteiger partial charge in [0.25, 0.3) is 0 Å². The third-order valence-electron chi connectivity index (χ3n) is 5.42. The zero-order valence-corrected chi connectivity index (χ0v) is 18.2. The van der Waals surface area contributed by atoms with Crippen molar-refractivity contribution in [3.8, 4) is 11.5 Å². The predicted molar refractivity (Wildman–Crippen MR) is 121 cm³/mol. The van der Waals surface area contributed by atoms with E-state index in [2.05, 4.69) is 16.3 Å². The van der Waals surface area contributed by atoms with Crippen molar-refractivity contribution < 1.29 is 14.3 Å². The maximum Gasteiger partial charge on any atom is 0.223 e. The lowest BCUT2D eigenvalue weighted by Gasteiger charge is -2.31. The van der Waals surface area contributed by atoms with Gasteiger partial charge in [-0.1, -0.05) is 23.5 Å². The maximum absolute atomic E-state index is 12.6. The summed E-state index contributed by atoms with van der Waals surface area (Å²) in [5.74, 6) is 1.89. The second-order valence-corrected chi connectivity index (χ2v) is 8.40. The number of aromatic nitrogens is 1. The van der Waals surface area contributed by atoms with E-state index in [-0.39, 0.29) is 11.8 Å². The summed E-state index contributed by atoms with van der Waals surface area (Å²) < 4.78 is 11.9. The number of benzene rings is 2. The second-order valence-electron chi connectivity index (χ2n) is 7.39. The Balaban J connectivity index is 1.30. The molecule has 6 nitrogen and oxygen atoms in total. The quantitative estimate of drug-likeness (QED) is 0.614. The van der Waals surface area contributed by atoms with Gasteiger partial charge >= 0.3 is 0 Å². The molecule has 2 heterocycles. The van der Waals surface area contributed by atoms with Crippen molar-refractivity contribution >= 4 is 32.6 Å². The molecule has 1 amide bonds. The molecule has 0 aliphatic carbocycles. The Kier molecular flexibility index (Phi) is 6.38. The van der Waals surface area contributed by atoms with Gasteiger partial charge in [0.1, 0.15) is 11.5 Å². The maximum atomic E-state index is 12.6. The highest BCUT2D eigenvalue weighted by molar-refractivity contribution is 7.22. The van der Waals surface area contributed by atoms with Gasteiger partial charge in [0.15, 0.2) is 5.13 Å². The van der Waals surface area contributed by atoms with Gasteiger partial charge in [-0.25, -0.2) is 4.98 Å². The standard InChI is InChI=1S/C23H27N3O3S/c1-3-29-19-8-9-20-21(14-19)30-23(25-20)26-12-10-17(11-13-26)22(27)24-15-16-4-6-18(28-2)7-5-16/h4-9,14,17H,3,10-13,15H2,1-2H3,(H,24,27). The van der Waals surface area contributed by atoms with Crippen molar-refractivity contribution in [1.82, 2.24) is 10.3 Å². The smallest absolute Gasteiger partial charge is 0.223 e. The number of rotatable bonds is 7. The van der Waals surface area contributed by atoms with Crippen LogP contribution in [-0.4, -0.2) is 37.7 Å². The molecular formula is C23H27N3O3S. The van der Waals surface area contributed by atoms with Gasteiger partial charge < -0.3 is 19.7 Å². The molecule has 158 valence electrons. The number of thiazole rings is 1. The molecule has 1 fully saturated rings. The van der Waals surface area contributed by atoms with Crippen molar-refractivity contribution in [2.24, 2.45) is 5.92 Å². The first kappa shape index (κ1) is 20.5. The summed E-state index contributed by atoms with van der Waals surface area (Å²) in [4.78, 5) is 19.7. The fraction of sp³-hybridized carbons (Fsp3) is 0.391. The molecule has 3 aromatic rings. The highest BCUT2D eigenvalue weighted by Crippen LogP contribution is 2.33. The Morgan fingerprint density at radius 2 is 1.90 bits per heavy atom. The lowest BCUT2D eigenvalue weighted by atomic mass is 9.96. The summed E-state index contributed by atoms with van der Waals surface area (Å²) >= 11 is 1.69. The number of nitrogens with zero attached hydrogens (tertiary/aromatic N) is 2. The summed E-state index contributed by atoms with van der Waals surface area (Å²) in [6.07, 6.45) is 1.68. The van der Waals surface area contributed by atoms with E-state index in [1.165, 1.54) is 0 Å². The van der Waals surface area contributed by atoms with E-state index in [1.54, 1.807) is 18.4 Å². The molecule has 1 aliphatic heterocycles. The zero-order valence-electron chi connectivity index (χ0n) is 17.4. The number of piperidine rings is 1. The average Bonchev–Trinajstić information content (AvgIpc) is 3.21. The van der Waals surface area contributed by atoms with E-state index in [0.29, 0.717) is 13.2 Å². The molecule has 1 N–H and O–H groups in total. The van der Waals surface area contributed by atoms with E-state index in [0.717, 1.165) is 58.3 Å². The zero-order chi connectivity index (χ0) is 20.9. The van der Waals surface area contributed by atoms with Crippen LogP contribution in [0.1, 0.15) is 25.3 Å². The number of anilines is 1. The van der Waals surface area contributed by atoms with Gasteiger partial charge in [-0.05, 0) is 55.7 Å². The first-order chi connectivity index (χ1) is 14.7. The van der Waals surface area contributed by atoms with E-state index < -0.39 is 0 Å². The minimum atomic E-state index is 0.0541. The number of hydrogen-bond donors (Lipinski definition) is 1. The van der Waals surface area contributed by atoms with Gasteiger partial charge in [-0.15, -0.1) is 0 Å². The number of carbonyl (C=O) groups is 1. The highest BCUT2D eigenvalue weighted by atomic mass is 32.1. The normalized spacial score (nSPS) is 14.7. The highest BCUT2D eigenvalue weighted by Gasteiger charge is 2.26. The summed E-state index contributed by atoms with van der Waals surface area (Å²) in [5.41, 5.74) is 2.07. The number of ether oxygens (including phenoxy) is 2. The van der Waals surface area contributed by atoms with Gasteiger partial charge in [-0.2, -0.15) is 0 Å². The van der Waals surface area contributed by atoms with E-state index >= 15 is 0 Å². The summed E-state index contributed by atoms with van der Waals surface area (Å²) in [6, 6.07) is 13.8. The minimum Gasteiger partial charge on any atom is -0.497 e. The lowest BCUT2D eigenvalue weighted by molar-refractivity contribution is -0.125. The minimum absolute atomic E-state index is 0.0541. The van der Waals surface area contributed by atoms with Crippen molar-refractivity contribution in [1.29, 1.82) is 0 Å². The molecular weight excluding hydrogens is 398 g/mol. The SMILES string of the molecule is CCOc1ccc2nc(N3CCC(C(=O)NCc4ccc(OC)cc4)CC3)sc2c1. The van der Waals surface area contributed by atoms with Crippen LogP contribution >= 0.6 is 11.3 Å². The fourth-order valence-electron chi connectivity index (χ4n) is 3.69. The number of methoxy groups -OCH3 is 1. The number of amides is 1. The molecule has 0 atom stereocenters. The van der Waals surface area contributed by atoms with Crippen LogP contribution in [0.5, 0.6) is 11.5 Å². The fourth-order valence-corrected chi connectivity index (χ4v) is 4.74. The van der Waals surface area contributed by atoms with E-state index in [1.807, 2.05) is 43.3 Å². The van der Waals surface area contributed by atoms with Gasteiger partial charge in [0.05, 0.1) is 23.9 Å². The van der Waals surface area contributed by atoms with Gasteiger partial charge in [-0.3, -0.25) is 4.79 Å². The lowest BCUT2D eigenvalue weighted by Crippen LogP contribution is -2.40. The van der Waals surface area contributed by atoms with Crippen LogP contribution in [0.2, 0.25) is 0 Å². The Bertz CT molecular complexity index is 995. The largest absolute Gasteiger partial charge is 0.497 e. The molecule has 1 saturated heterocycles. The number of fused-ring (bicyclic) bond motifs is 1. The molecule has 2 aromatic carbocycles. The Morgan fingerprint density at radius 1 is 1.17 bits per heavy atom. The molecule has 0 unspecified atom stereocenters. The van der Waals surface area contributed by atoms with Crippen molar-refractivity contribution in [3.63, 3.8) is 0 Å². The topological polar surface area (TPSA) is 63.7 Å². The van der Waals surface area contributed by atoms with Crippen LogP contribution in [0.15, 0.2) is 42.5 Å². The average molecular weight is 426 g/mol. The van der Waals surface area contributed by atoms with Crippen LogP contribution in [0.25, 0.3) is 10.2 Å². The van der Waals surface area contributed by atoms with Crippen LogP contribution < -0.4 is 19.7 Å². The number of nitrogens with one attached hydrogen (secondary N) is 1. The summed E-state index contributed by atoms with van der Waals surface area (Å²) in [6.45, 7) is 4.88. The first-order valence-electron chi connectivity index (χ1n) is 10.3. The van der Waals surface area contributed by atoms with Gasteiger partial charge in [0.2, 0.25) is 5.91 Å². The second kappa shape index (κ2) is 9.34. The van der Waals surface area contributed by atoms with Crippen LogP contribution in [0.4, 0.5) is 5.13 Å². The monoisotopic (exact) mass is 425 g/mol. The first-order valence-corrected chi connectivity index (χ1v) is 11.2. The van der Waals surface area contributed by atoms with Crippen LogP contribution in [0, 0.1) is 5.92 Å². The molecule has 30 heavy (non-hydrogen) atoms. The van der Waals surface area contributed by atoms with Crippen molar-refractivity contribution in [3.05, 3.63) is 48.0 Å². The molecule has 4 rings (SSSR count). The molecule has 0 radical (unpaired) electrons. The van der Waals surface area contributed by atoms with Crippen LogP contribution in [0.3, 0.4) is 0 Å². The molecule has 0 bridgehead atoms. The number of carbonyl (C=O) groups excluding carboxylic acids is 1. The van der Waals surface area contributed by atoms with Crippen molar-refractivity contribution in [2.75, 3.05) is 31.7 Å². The molecule has 0 spiro atoms. The molecule has 1 aliphatic rings. The number of hydrogen-bond acceptors (Lipinski definition) is 6. The van der Waals surface area contributed by atoms with Crippen LogP contribution in [-0.2, 0) is 11.3 Å². The van der Waals surface area contributed by atoms with Crippen molar-refractivity contribution in [2.45, 2.75) is 26.3 Å². The summed E-state index contributed by atoms with van der Waals surface area (Å²) in [7, 11) is 1.65. The molecule has 1 aromatic heterocycles. The third kappa shape index (κ3) is 4.67. The Labute approximate surface area is 180 Å². The molecule has 0 saturated carbocycles.